The summed E-state index contributed by atoms with van der Waals surface area (Å²) in [5.41, 5.74) is 0.300. The summed E-state index contributed by atoms with van der Waals surface area (Å²) in [5.74, 6) is -2.26. The fourth-order valence-electron chi connectivity index (χ4n) is 2.15. The zero-order valence-corrected chi connectivity index (χ0v) is 12.7. The quantitative estimate of drug-likeness (QED) is 0.563. The number of carboxylic acid groups (broad SMARTS) is 1. The van der Waals surface area contributed by atoms with E-state index in [-0.39, 0.29) is 30.7 Å². The van der Waals surface area contributed by atoms with Crippen molar-refractivity contribution in [2.24, 2.45) is 0 Å². The molecule has 0 radical (unpaired) electrons. The Hall–Kier alpha value is -3.17. The second-order valence-electron chi connectivity index (χ2n) is 5.16. The van der Waals surface area contributed by atoms with Gasteiger partial charge in [0.25, 0.3) is 5.69 Å². The van der Waals surface area contributed by atoms with Crippen molar-refractivity contribution >= 4 is 28.7 Å². The SMILES string of the molecule is C[C@H](NC(=O)CCCn1c(=O)oc2cc([N+](=O)[O-])ccc21)C(=O)O. The average Bonchev–Trinajstić information content (AvgIpc) is 2.82. The number of hydrogen-bond acceptors (Lipinski definition) is 6. The first-order valence-electron chi connectivity index (χ1n) is 7.09. The van der Waals surface area contributed by atoms with Gasteiger partial charge in [-0.25, -0.2) is 4.79 Å². The fourth-order valence-corrected chi connectivity index (χ4v) is 2.15. The average molecular weight is 337 g/mol. The van der Waals surface area contributed by atoms with E-state index in [0.717, 1.165) is 6.07 Å². The van der Waals surface area contributed by atoms with Gasteiger partial charge >= 0.3 is 11.7 Å². The van der Waals surface area contributed by atoms with Gasteiger partial charge in [-0.2, -0.15) is 0 Å². The Morgan fingerprint density at radius 2 is 2.17 bits per heavy atom. The number of benzene rings is 1. The lowest BCUT2D eigenvalue weighted by Crippen LogP contribution is -2.38. The molecule has 0 saturated heterocycles. The molecule has 1 atom stereocenters. The molecule has 2 rings (SSSR count). The second-order valence-corrected chi connectivity index (χ2v) is 5.16. The monoisotopic (exact) mass is 337 g/mol. The number of aromatic nitrogens is 1. The molecule has 2 N–H and O–H groups in total. The third-order valence-electron chi connectivity index (χ3n) is 3.40. The molecule has 0 bridgehead atoms. The number of nitro benzene ring substituents is 1. The number of carbonyl (C=O) groups excluding carboxylic acids is 1. The number of amides is 1. The summed E-state index contributed by atoms with van der Waals surface area (Å²) >= 11 is 0. The van der Waals surface area contributed by atoms with E-state index in [4.69, 9.17) is 9.52 Å². The lowest BCUT2D eigenvalue weighted by Gasteiger charge is -2.09. The molecule has 1 aromatic carbocycles. The van der Waals surface area contributed by atoms with Gasteiger partial charge in [0.1, 0.15) is 6.04 Å². The van der Waals surface area contributed by atoms with Gasteiger partial charge in [-0.15, -0.1) is 0 Å². The topological polar surface area (TPSA) is 145 Å². The largest absolute Gasteiger partial charge is 0.480 e. The number of oxazole rings is 1. The van der Waals surface area contributed by atoms with Crippen molar-refractivity contribution in [2.45, 2.75) is 32.4 Å². The number of rotatable bonds is 7. The summed E-state index contributed by atoms with van der Waals surface area (Å²) < 4.78 is 6.24. The molecular weight excluding hydrogens is 322 g/mol. The second kappa shape index (κ2) is 6.94. The Bertz CT molecular complexity index is 852. The van der Waals surface area contributed by atoms with E-state index in [1.165, 1.54) is 23.6 Å². The van der Waals surface area contributed by atoms with Gasteiger partial charge < -0.3 is 14.8 Å². The first-order valence-corrected chi connectivity index (χ1v) is 7.09. The molecule has 0 aliphatic rings. The van der Waals surface area contributed by atoms with Gasteiger partial charge in [0, 0.05) is 19.0 Å². The molecule has 0 aliphatic heterocycles. The normalized spacial score (nSPS) is 12.0. The van der Waals surface area contributed by atoms with Crippen molar-refractivity contribution in [3.05, 3.63) is 38.9 Å². The summed E-state index contributed by atoms with van der Waals surface area (Å²) in [6.45, 7) is 1.51. The number of nitrogens with one attached hydrogen (secondary N) is 1. The van der Waals surface area contributed by atoms with Crippen LogP contribution in [0, 0.1) is 10.1 Å². The van der Waals surface area contributed by atoms with Gasteiger partial charge in [-0.05, 0) is 19.4 Å². The summed E-state index contributed by atoms with van der Waals surface area (Å²) in [7, 11) is 0. The molecule has 0 unspecified atom stereocenters. The third-order valence-corrected chi connectivity index (χ3v) is 3.40. The highest BCUT2D eigenvalue weighted by molar-refractivity contribution is 5.83. The van der Waals surface area contributed by atoms with E-state index in [9.17, 15) is 24.5 Å². The van der Waals surface area contributed by atoms with E-state index < -0.39 is 28.6 Å². The predicted octanol–water partition coefficient (Wildman–Crippen LogP) is 0.872. The van der Waals surface area contributed by atoms with Crippen molar-refractivity contribution in [1.29, 1.82) is 0 Å². The van der Waals surface area contributed by atoms with Gasteiger partial charge in [0.2, 0.25) is 5.91 Å². The predicted molar refractivity (Wildman–Crippen MR) is 81.6 cm³/mol. The zero-order chi connectivity index (χ0) is 17.9. The number of carbonyl (C=O) groups is 2. The number of hydrogen-bond donors (Lipinski definition) is 2. The van der Waals surface area contributed by atoms with Crippen LogP contribution in [-0.4, -0.2) is 32.5 Å². The van der Waals surface area contributed by atoms with Gasteiger partial charge in [0.05, 0.1) is 16.5 Å². The van der Waals surface area contributed by atoms with Crippen LogP contribution in [0.1, 0.15) is 19.8 Å². The lowest BCUT2D eigenvalue weighted by molar-refractivity contribution is -0.384. The smallest absolute Gasteiger partial charge is 0.419 e. The highest BCUT2D eigenvalue weighted by Crippen LogP contribution is 2.20. The van der Waals surface area contributed by atoms with E-state index in [1.54, 1.807) is 0 Å². The first-order chi connectivity index (χ1) is 11.3. The lowest BCUT2D eigenvalue weighted by atomic mass is 10.2. The molecule has 24 heavy (non-hydrogen) atoms. The molecule has 0 saturated carbocycles. The van der Waals surface area contributed by atoms with E-state index in [0.29, 0.717) is 5.52 Å². The summed E-state index contributed by atoms with van der Waals surface area (Å²) in [5, 5.41) is 21.7. The molecule has 10 heteroatoms. The standard InChI is InChI=1S/C14H15N3O7/c1-8(13(19)20)15-12(18)3-2-6-16-10-5-4-9(17(22)23)7-11(10)24-14(16)21/h4-5,7-8H,2-3,6H2,1H3,(H,15,18)(H,19,20)/t8-/m0/s1. The summed E-state index contributed by atoms with van der Waals surface area (Å²) in [6.07, 6.45) is 0.313. The minimum Gasteiger partial charge on any atom is -0.480 e. The van der Waals surface area contributed by atoms with Crippen molar-refractivity contribution in [1.82, 2.24) is 9.88 Å². The van der Waals surface area contributed by atoms with Crippen LogP contribution in [0.4, 0.5) is 5.69 Å². The molecular formula is C14H15N3O7. The molecule has 2 aromatic rings. The number of aryl methyl sites for hydroxylation is 1. The molecule has 128 valence electrons. The molecule has 0 fully saturated rings. The zero-order valence-electron chi connectivity index (χ0n) is 12.7. The number of nitrogens with zero attached hydrogens (tertiary/aromatic N) is 2. The summed E-state index contributed by atoms with van der Waals surface area (Å²) in [6, 6.07) is 2.84. The Morgan fingerprint density at radius 3 is 2.79 bits per heavy atom. The Morgan fingerprint density at radius 1 is 1.46 bits per heavy atom. The highest BCUT2D eigenvalue weighted by Gasteiger charge is 2.16. The summed E-state index contributed by atoms with van der Waals surface area (Å²) in [4.78, 5) is 44.2. The first kappa shape index (κ1) is 17.2. The number of non-ortho nitro benzene ring substituents is 1. The van der Waals surface area contributed by atoms with Gasteiger partial charge in [-0.3, -0.25) is 24.3 Å². The molecule has 1 heterocycles. The Balaban J connectivity index is 2.04. The molecule has 1 amide bonds. The number of carboxylic acids is 1. The van der Waals surface area contributed by atoms with Crippen LogP contribution < -0.4 is 11.1 Å². The Kier molecular flexibility index (Phi) is 4.97. The van der Waals surface area contributed by atoms with Crippen molar-refractivity contribution < 1.29 is 24.0 Å². The molecule has 0 aliphatic carbocycles. The highest BCUT2D eigenvalue weighted by atomic mass is 16.6. The van der Waals surface area contributed by atoms with Crippen LogP contribution >= 0.6 is 0 Å². The minimum absolute atomic E-state index is 0.0315. The van der Waals surface area contributed by atoms with Crippen LogP contribution in [0.25, 0.3) is 11.1 Å². The fraction of sp³-hybridized carbons (Fsp3) is 0.357. The molecule has 1 aromatic heterocycles. The minimum atomic E-state index is -1.14. The molecule has 0 spiro atoms. The maximum absolute atomic E-state index is 11.8. The molecule has 10 nitrogen and oxygen atoms in total. The van der Waals surface area contributed by atoms with E-state index in [1.807, 2.05) is 0 Å². The number of aliphatic carboxylic acids is 1. The van der Waals surface area contributed by atoms with Crippen molar-refractivity contribution in [3.63, 3.8) is 0 Å². The van der Waals surface area contributed by atoms with Crippen LogP contribution in [-0.2, 0) is 16.1 Å². The number of fused-ring (bicyclic) bond motifs is 1. The van der Waals surface area contributed by atoms with Gasteiger partial charge in [0.15, 0.2) is 5.58 Å². The third kappa shape index (κ3) is 3.77. The van der Waals surface area contributed by atoms with Crippen LogP contribution in [0.15, 0.2) is 27.4 Å². The van der Waals surface area contributed by atoms with Crippen LogP contribution in [0.5, 0.6) is 0 Å². The van der Waals surface area contributed by atoms with E-state index >= 15 is 0 Å². The van der Waals surface area contributed by atoms with Crippen molar-refractivity contribution in [3.8, 4) is 0 Å². The van der Waals surface area contributed by atoms with Gasteiger partial charge in [-0.1, -0.05) is 0 Å². The van der Waals surface area contributed by atoms with E-state index in [2.05, 4.69) is 5.32 Å². The number of nitro groups is 1. The maximum Gasteiger partial charge on any atom is 0.419 e. The maximum atomic E-state index is 11.8. The van der Waals surface area contributed by atoms with Crippen LogP contribution in [0.3, 0.4) is 0 Å². The Labute approximate surface area is 134 Å². The van der Waals surface area contributed by atoms with Crippen molar-refractivity contribution in [2.75, 3.05) is 0 Å². The van der Waals surface area contributed by atoms with Crippen LogP contribution in [0.2, 0.25) is 0 Å².